The molecule has 36 heavy (non-hydrogen) atoms. The van der Waals surface area contributed by atoms with E-state index in [1.807, 2.05) is 15.2 Å². The second kappa shape index (κ2) is 16.7. The van der Waals surface area contributed by atoms with Gasteiger partial charge in [0.1, 0.15) is 0 Å². The molecule has 0 aliphatic carbocycles. The predicted octanol–water partition coefficient (Wildman–Crippen LogP) is 5.93. The summed E-state index contributed by atoms with van der Waals surface area (Å²) in [6.45, 7) is 7.20. The molecule has 7 heteroatoms. The van der Waals surface area contributed by atoms with Crippen LogP contribution >= 0.6 is 11.3 Å². The zero-order valence-electron chi connectivity index (χ0n) is 22.3. The maximum absolute atomic E-state index is 12.5. The van der Waals surface area contributed by atoms with Gasteiger partial charge < -0.3 is 9.80 Å². The molecule has 3 rings (SSSR count). The van der Waals surface area contributed by atoms with Crippen LogP contribution in [0.3, 0.4) is 0 Å². The van der Waals surface area contributed by atoms with Crippen molar-refractivity contribution in [1.29, 1.82) is 0 Å². The van der Waals surface area contributed by atoms with Gasteiger partial charge in [0.25, 0.3) is 5.91 Å². The van der Waals surface area contributed by atoms with Crippen LogP contribution in [0.25, 0.3) is 0 Å². The second-order valence-corrected chi connectivity index (χ2v) is 11.0. The molecule has 200 valence electrons. The van der Waals surface area contributed by atoms with Crippen molar-refractivity contribution in [2.45, 2.75) is 90.0 Å². The van der Waals surface area contributed by atoms with Crippen LogP contribution < -0.4 is 0 Å². The molecule has 2 fully saturated rings. The summed E-state index contributed by atoms with van der Waals surface area (Å²) in [6, 6.07) is 0.454. The maximum Gasteiger partial charge on any atom is 0.282 e. The van der Waals surface area contributed by atoms with E-state index < -0.39 is 0 Å². The van der Waals surface area contributed by atoms with Gasteiger partial charge in [0, 0.05) is 63.3 Å². The fourth-order valence-electron chi connectivity index (χ4n) is 4.89. The normalized spacial score (nSPS) is 17.4. The topological polar surface area (TPSA) is 56.8 Å². The van der Waals surface area contributed by atoms with Gasteiger partial charge in [0.15, 0.2) is 5.01 Å². The average Bonchev–Trinajstić information content (AvgIpc) is 3.40. The molecule has 2 aliphatic heterocycles. The number of hydrogen-bond donors (Lipinski definition) is 0. The van der Waals surface area contributed by atoms with Crippen LogP contribution in [0, 0.1) is 0 Å². The molecule has 0 saturated carbocycles. The molecule has 1 aromatic heterocycles. The SMILES string of the molecule is CCCCC/C=C\C/C=C\CCCCCCCC(=O)N1CC(N2CCN(C(=O)c3nccs3)CC2)C1. The van der Waals surface area contributed by atoms with Crippen molar-refractivity contribution in [2.75, 3.05) is 39.3 Å². The van der Waals surface area contributed by atoms with E-state index in [1.54, 1.807) is 6.20 Å². The first-order chi connectivity index (χ1) is 17.7. The van der Waals surface area contributed by atoms with Gasteiger partial charge in [-0.25, -0.2) is 4.98 Å². The lowest BCUT2D eigenvalue weighted by Crippen LogP contribution is -2.64. The Kier molecular flexibility index (Phi) is 13.3. The lowest BCUT2D eigenvalue weighted by atomic mass is 10.0. The van der Waals surface area contributed by atoms with Gasteiger partial charge in [-0.15, -0.1) is 11.3 Å². The summed E-state index contributed by atoms with van der Waals surface area (Å²) in [5.74, 6) is 0.363. The number of aromatic nitrogens is 1. The monoisotopic (exact) mass is 514 g/mol. The van der Waals surface area contributed by atoms with E-state index >= 15 is 0 Å². The lowest BCUT2D eigenvalue weighted by Gasteiger charge is -2.48. The van der Waals surface area contributed by atoms with Crippen LogP contribution in [0.15, 0.2) is 35.9 Å². The molecular formula is C29H46N4O2S. The number of amides is 2. The van der Waals surface area contributed by atoms with Gasteiger partial charge in [0.2, 0.25) is 5.91 Å². The fourth-order valence-corrected chi connectivity index (χ4v) is 5.49. The Morgan fingerprint density at radius 2 is 1.56 bits per heavy atom. The Morgan fingerprint density at radius 1 is 0.889 bits per heavy atom. The Balaban J connectivity index is 1.13. The molecular weight excluding hydrogens is 468 g/mol. The van der Waals surface area contributed by atoms with Gasteiger partial charge in [-0.1, -0.05) is 63.3 Å². The van der Waals surface area contributed by atoms with Crippen molar-refractivity contribution in [3.8, 4) is 0 Å². The summed E-state index contributed by atoms with van der Waals surface area (Å²) in [4.78, 5) is 35.4. The molecule has 0 atom stereocenters. The maximum atomic E-state index is 12.5. The number of unbranched alkanes of at least 4 members (excludes halogenated alkanes) is 8. The van der Waals surface area contributed by atoms with Crippen molar-refractivity contribution in [3.63, 3.8) is 0 Å². The summed E-state index contributed by atoms with van der Waals surface area (Å²) in [5, 5.41) is 2.43. The van der Waals surface area contributed by atoms with Gasteiger partial charge in [-0.3, -0.25) is 14.5 Å². The third-order valence-electron chi connectivity index (χ3n) is 7.29. The minimum Gasteiger partial charge on any atom is -0.339 e. The van der Waals surface area contributed by atoms with E-state index in [1.165, 1.54) is 62.7 Å². The highest BCUT2D eigenvalue weighted by molar-refractivity contribution is 7.11. The number of thiazole rings is 1. The molecule has 1 aromatic rings. The van der Waals surface area contributed by atoms with Crippen molar-refractivity contribution < 1.29 is 9.59 Å². The zero-order valence-corrected chi connectivity index (χ0v) is 23.1. The van der Waals surface area contributed by atoms with Crippen LogP contribution in [0.5, 0.6) is 0 Å². The third kappa shape index (κ3) is 9.81. The quantitative estimate of drug-likeness (QED) is 0.203. The first-order valence-electron chi connectivity index (χ1n) is 14.2. The van der Waals surface area contributed by atoms with Crippen molar-refractivity contribution in [2.24, 2.45) is 0 Å². The van der Waals surface area contributed by atoms with E-state index in [2.05, 4.69) is 41.1 Å². The lowest BCUT2D eigenvalue weighted by molar-refractivity contribution is -0.139. The molecule has 0 aromatic carbocycles. The van der Waals surface area contributed by atoms with Gasteiger partial charge in [-0.2, -0.15) is 0 Å². The van der Waals surface area contributed by atoms with E-state index in [-0.39, 0.29) is 5.91 Å². The number of carbonyl (C=O) groups excluding carboxylic acids is 2. The molecule has 0 unspecified atom stereocenters. The van der Waals surface area contributed by atoms with Crippen molar-refractivity contribution in [3.05, 3.63) is 40.9 Å². The summed E-state index contributed by atoms with van der Waals surface area (Å²) >= 11 is 1.40. The molecule has 0 spiro atoms. The number of likely N-dealkylation sites (tertiary alicyclic amines) is 1. The summed E-state index contributed by atoms with van der Waals surface area (Å²) in [6.07, 6.45) is 24.9. The van der Waals surface area contributed by atoms with Crippen LogP contribution in [0.4, 0.5) is 0 Å². The smallest absolute Gasteiger partial charge is 0.282 e. The van der Waals surface area contributed by atoms with Crippen molar-refractivity contribution >= 4 is 23.2 Å². The summed E-state index contributed by atoms with van der Waals surface area (Å²) < 4.78 is 0. The van der Waals surface area contributed by atoms with E-state index in [4.69, 9.17) is 0 Å². The first kappa shape index (κ1) is 28.6. The predicted molar refractivity (Wildman–Crippen MR) is 149 cm³/mol. The molecule has 2 aliphatic rings. The van der Waals surface area contributed by atoms with Gasteiger partial charge in [0.05, 0.1) is 0 Å². The third-order valence-corrected chi connectivity index (χ3v) is 8.05. The average molecular weight is 515 g/mol. The molecule has 6 nitrogen and oxygen atoms in total. The Bertz CT molecular complexity index is 809. The molecule has 3 heterocycles. The number of allylic oxidation sites excluding steroid dienone is 4. The Morgan fingerprint density at radius 3 is 2.22 bits per heavy atom. The van der Waals surface area contributed by atoms with Crippen molar-refractivity contribution in [1.82, 2.24) is 19.7 Å². The van der Waals surface area contributed by atoms with E-state index in [0.717, 1.165) is 58.5 Å². The second-order valence-electron chi connectivity index (χ2n) is 10.1. The number of piperazine rings is 1. The Labute approximate surface area is 222 Å². The van der Waals surface area contributed by atoms with Crippen LogP contribution in [-0.4, -0.2) is 76.8 Å². The highest BCUT2D eigenvalue weighted by Gasteiger charge is 2.36. The highest BCUT2D eigenvalue weighted by Crippen LogP contribution is 2.20. The molecule has 0 bridgehead atoms. The van der Waals surface area contributed by atoms with Gasteiger partial charge in [-0.05, 0) is 38.5 Å². The van der Waals surface area contributed by atoms with E-state index in [9.17, 15) is 9.59 Å². The van der Waals surface area contributed by atoms with Crippen LogP contribution in [-0.2, 0) is 4.79 Å². The highest BCUT2D eigenvalue weighted by atomic mass is 32.1. The molecule has 0 N–H and O–H groups in total. The summed E-state index contributed by atoms with van der Waals surface area (Å²) in [7, 11) is 0. The number of carbonyl (C=O) groups is 2. The Hall–Kier alpha value is -1.99. The zero-order chi connectivity index (χ0) is 25.4. The molecule has 2 amide bonds. The standard InChI is InChI=1S/C29H46N4O2S/c1-2-3-4-5-6-7-8-9-10-11-12-13-14-15-16-17-27(34)33-24-26(25-33)31-19-21-32(22-20-31)29(35)28-30-18-23-36-28/h6-7,9-10,18,23,26H,2-5,8,11-17,19-22,24-25H2,1H3/b7-6-,10-9-. The minimum absolute atomic E-state index is 0.0486. The molecule has 0 radical (unpaired) electrons. The fraction of sp³-hybridized carbons (Fsp3) is 0.690. The largest absolute Gasteiger partial charge is 0.339 e. The van der Waals surface area contributed by atoms with Crippen LogP contribution in [0.2, 0.25) is 0 Å². The van der Waals surface area contributed by atoms with Gasteiger partial charge >= 0.3 is 0 Å². The first-order valence-corrected chi connectivity index (χ1v) is 15.1. The number of hydrogen-bond acceptors (Lipinski definition) is 5. The number of nitrogens with zero attached hydrogens (tertiary/aromatic N) is 4. The molecule has 2 saturated heterocycles. The van der Waals surface area contributed by atoms with E-state index in [0.29, 0.717) is 23.4 Å². The van der Waals surface area contributed by atoms with Crippen LogP contribution in [0.1, 0.15) is 93.8 Å². The number of rotatable bonds is 16. The minimum atomic E-state index is 0.0486. The summed E-state index contributed by atoms with van der Waals surface area (Å²) in [5.41, 5.74) is 0.